The number of hydrogen-bond donors (Lipinski definition) is 5. The van der Waals surface area contributed by atoms with Gasteiger partial charge in [-0.2, -0.15) is 5.26 Å². The third-order valence-electron chi connectivity index (χ3n) is 4.68. The standard InChI is InChI=1S/C21H22FN5O2/c22-17-3-1-2-16-18(13-6-4-12(9-23)5-7-13)20(27-19(16)17)21(29)26-11-14(25)8-15(28)10-24/h1-7,14-15,27-28H,8,10-11,24-25H2,(H,26,29)/t14-,15?/m0/s1. The lowest BCUT2D eigenvalue weighted by Gasteiger charge is -2.16. The van der Waals surface area contributed by atoms with E-state index in [1.54, 1.807) is 36.4 Å². The fraction of sp³-hybridized carbons (Fsp3) is 0.238. The predicted molar refractivity (Wildman–Crippen MR) is 108 cm³/mol. The lowest BCUT2D eigenvalue weighted by atomic mass is 10.00. The van der Waals surface area contributed by atoms with Crippen molar-refractivity contribution in [2.24, 2.45) is 11.5 Å². The van der Waals surface area contributed by atoms with Crippen molar-refractivity contribution >= 4 is 16.8 Å². The number of para-hydroxylation sites is 1. The maximum absolute atomic E-state index is 14.3. The van der Waals surface area contributed by atoms with Gasteiger partial charge in [0.25, 0.3) is 5.91 Å². The Balaban J connectivity index is 1.95. The van der Waals surface area contributed by atoms with Gasteiger partial charge in [0.1, 0.15) is 11.5 Å². The maximum atomic E-state index is 14.3. The Morgan fingerprint density at radius 2 is 2.00 bits per heavy atom. The van der Waals surface area contributed by atoms with Crippen LogP contribution in [0.15, 0.2) is 42.5 Å². The number of amides is 1. The molecule has 0 saturated carbocycles. The monoisotopic (exact) mass is 395 g/mol. The molecule has 1 unspecified atom stereocenters. The van der Waals surface area contributed by atoms with E-state index in [4.69, 9.17) is 16.7 Å². The highest BCUT2D eigenvalue weighted by atomic mass is 19.1. The van der Waals surface area contributed by atoms with E-state index in [0.29, 0.717) is 22.1 Å². The van der Waals surface area contributed by atoms with Crippen LogP contribution >= 0.6 is 0 Å². The van der Waals surface area contributed by atoms with Gasteiger partial charge in [-0.15, -0.1) is 0 Å². The van der Waals surface area contributed by atoms with Gasteiger partial charge in [-0.25, -0.2) is 4.39 Å². The molecule has 0 bridgehead atoms. The number of aromatic amines is 1. The number of carbonyl (C=O) groups is 1. The molecule has 3 aromatic rings. The van der Waals surface area contributed by atoms with Crippen molar-refractivity contribution in [1.29, 1.82) is 5.26 Å². The first-order valence-electron chi connectivity index (χ1n) is 9.17. The number of carbonyl (C=O) groups excluding carboxylic acids is 1. The summed E-state index contributed by atoms with van der Waals surface area (Å²) < 4.78 is 14.3. The zero-order valence-electron chi connectivity index (χ0n) is 15.7. The molecule has 0 aliphatic carbocycles. The third-order valence-corrected chi connectivity index (χ3v) is 4.68. The highest BCUT2D eigenvalue weighted by molar-refractivity contribution is 6.09. The van der Waals surface area contributed by atoms with E-state index in [0.717, 1.165) is 0 Å². The number of halogens is 1. The summed E-state index contributed by atoms with van der Waals surface area (Å²) in [6.45, 7) is 0.215. The Morgan fingerprint density at radius 1 is 1.28 bits per heavy atom. The minimum Gasteiger partial charge on any atom is -0.392 e. The number of hydrogen-bond acceptors (Lipinski definition) is 5. The van der Waals surface area contributed by atoms with Gasteiger partial charge in [-0.3, -0.25) is 4.79 Å². The molecule has 8 heteroatoms. The number of aliphatic hydroxyl groups excluding tert-OH is 1. The minimum absolute atomic E-state index is 0.0891. The Labute approximate surface area is 167 Å². The first-order chi connectivity index (χ1) is 13.9. The number of H-pyrrole nitrogens is 1. The van der Waals surface area contributed by atoms with E-state index in [2.05, 4.69) is 10.3 Å². The van der Waals surface area contributed by atoms with Crippen LogP contribution in [0.4, 0.5) is 4.39 Å². The van der Waals surface area contributed by atoms with Crippen LogP contribution in [0.1, 0.15) is 22.5 Å². The van der Waals surface area contributed by atoms with Crippen LogP contribution < -0.4 is 16.8 Å². The summed E-state index contributed by atoms with van der Waals surface area (Å²) in [6, 6.07) is 12.9. The Morgan fingerprint density at radius 3 is 2.66 bits per heavy atom. The largest absolute Gasteiger partial charge is 0.392 e. The van der Waals surface area contributed by atoms with Crippen molar-refractivity contribution in [2.75, 3.05) is 13.1 Å². The van der Waals surface area contributed by atoms with Crippen LogP contribution in [-0.4, -0.2) is 41.2 Å². The molecule has 1 heterocycles. The van der Waals surface area contributed by atoms with Crippen LogP contribution in [-0.2, 0) is 0 Å². The number of benzene rings is 2. The first-order valence-corrected chi connectivity index (χ1v) is 9.17. The second kappa shape index (κ2) is 8.84. The minimum atomic E-state index is -0.738. The van der Waals surface area contributed by atoms with Gasteiger partial charge < -0.3 is 26.9 Å². The summed E-state index contributed by atoms with van der Waals surface area (Å²) >= 11 is 0. The van der Waals surface area contributed by atoms with Crippen LogP contribution in [0, 0.1) is 17.1 Å². The van der Waals surface area contributed by atoms with Crippen LogP contribution in [0.3, 0.4) is 0 Å². The van der Waals surface area contributed by atoms with Gasteiger partial charge in [0, 0.05) is 30.1 Å². The fourth-order valence-corrected chi connectivity index (χ4v) is 3.20. The number of aromatic nitrogens is 1. The Bertz CT molecular complexity index is 1060. The van der Waals surface area contributed by atoms with Crippen molar-refractivity contribution in [3.63, 3.8) is 0 Å². The van der Waals surface area contributed by atoms with Crippen molar-refractivity contribution in [3.8, 4) is 17.2 Å². The van der Waals surface area contributed by atoms with Gasteiger partial charge in [0.15, 0.2) is 0 Å². The molecule has 0 spiro atoms. The van der Waals surface area contributed by atoms with E-state index >= 15 is 0 Å². The number of rotatable bonds is 7. The molecular formula is C21H22FN5O2. The molecule has 7 N–H and O–H groups in total. The number of fused-ring (bicyclic) bond motifs is 1. The van der Waals surface area contributed by atoms with E-state index in [9.17, 15) is 14.3 Å². The van der Waals surface area contributed by atoms with Gasteiger partial charge in [-0.1, -0.05) is 24.3 Å². The lowest BCUT2D eigenvalue weighted by Crippen LogP contribution is -2.40. The molecule has 150 valence electrons. The second-order valence-corrected chi connectivity index (χ2v) is 6.82. The van der Waals surface area contributed by atoms with E-state index < -0.39 is 23.9 Å². The fourth-order valence-electron chi connectivity index (χ4n) is 3.20. The second-order valence-electron chi connectivity index (χ2n) is 6.82. The first kappa shape index (κ1) is 20.5. The summed E-state index contributed by atoms with van der Waals surface area (Å²) in [7, 11) is 0. The number of nitrogens with zero attached hydrogens (tertiary/aromatic N) is 1. The average Bonchev–Trinajstić information content (AvgIpc) is 3.13. The predicted octanol–water partition coefficient (Wildman–Crippen LogP) is 1.61. The SMILES string of the molecule is N#Cc1ccc(-c2c(C(=O)NC[C@@H](N)CC(O)CN)[nH]c3c(F)cccc23)cc1. The number of nitrogens with two attached hydrogens (primary N) is 2. The van der Waals surface area contributed by atoms with Gasteiger partial charge in [0.05, 0.1) is 23.3 Å². The topological polar surface area (TPSA) is 141 Å². The van der Waals surface area contributed by atoms with Gasteiger partial charge >= 0.3 is 0 Å². The van der Waals surface area contributed by atoms with Crippen LogP contribution in [0.25, 0.3) is 22.0 Å². The molecular weight excluding hydrogens is 373 g/mol. The maximum Gasteiger partial charge on any atom is 0.268 e. The molecule has 0 aliphatic rings. The molecule has 0 aliphatic heterocycles. The van der Waals surface area contributed by atoms with Crippen molar-refractivity contribution in [2.45, 2.75) is 18.6 Å². The smallest absolute Gasteiger partial charge is 0.268 e. The van der Waals surface area contributed by atoms with Gasteiger partial charge in [-0.05, 0) is 30.2 Å². The molecule has 29 heavy (non-hydrogen) atoms. The summed E-state index contributed by atoms with van der Waals surface area (Å²) in [5.74, 6) is -0.920. The zero-order valence-corrected chi connectivity index (χ0v) is 15.7. The molecule has 3 rings (SSSR count). The molecule has 2 aromatic carbocycles. The Kier molecular flexibility index (Phi) is 6.24. The summed E-state index contributed by atoms with van der Waals surface area (Å²) in [5, 5.41) is 21.9. The lowest BCUT2D eigenvalue weighted by molar-refractivity contribution is 0.0941. The quantitative estimate of drug-likeness (QED) is 0.413. The molecule has 7 nitrogen and oxygen atoms in total. The zero-order chi connectivity index (χ0) is 21.0. The average molecular weight is 395 g/mol. The number of aliphatic hydroxyl groups is 1. The third kappa shape index (κ3) is 4.43. The molecule has 0 fully saturated rings. The normalized spacial score (nSPS) is 13.1. The Hall–Kier alpha value is -3.25. The van der Waals surface area contributed by atoms with E-state index in [1.165, 1.54) is 6.07 Å². The van der Waals surface area contributed by atoms with Crippen LogP contribution in [0.2, 0.25) is 0 Å². The molecule has 1 aromatic heterocycles. The molecule has 0 saturated heterocycles. The number of nitrogens with one attached hydrogen (secondary N) is 2. The van der Waals surface area contributed by atoms with Crippen molar-refractivity contribution < 1.29 is 14.3 Å². The van der Waals surface area contributed by atoms with E-state index in [-0.39, 0.29) is 30.7 Å². The number of nitriles is 1. The van der Waals surface area contributed by atoms with Crippen molar-refractivity contribution in [3.05, 3.63) is 59.5 Å². The van der Waals surface area contributed by atoms with E-state index in [1.807, 2.05) is 6.07 Å². The summed E-state index contributed by atoms with van der Waals surface area (Å²) in [5.41, 5.74) is 13.4. The summed E-state index contributed by atoms with van der Waals surface area (Å²) in [4.78, 5) is 15.7. The highest BCUT2D eigenvalue weighted by Crippen LogP contribution is 2.33. The highest BCUT2D eigenvalue weighted by Gasteiger charge is 2.21. The molecule has 0 radical (unpaired) electrons. The van der Waals surface area contributed by atoms with Crippen molar-refractivity contribution in [1.82, 2.24) is 10.3 Å². The van der Waals surface area contributed by atoms with Gasteiger partial charge in [0.2, 0.25) is 0 Å². The molecule has 1 amide bonds. The molecule has 2 atom stereocenters. The van der Waals surface area contributed by atoms with Crippen LogP contribution in [0.5, 0.6) is 0 Å². The summed E-state index contributed by atoms with van der Waals surface area (Å²) in [6.07, 6.45) is -0.487.